The Balaban J connectivity index is 2.78. The van der Waals surface area contributed by atoms with E-state index in [1.807, 2.05) is 12.1 Å². The summed E-state index contributed by atoms with van der Waals surface area (Å²) in [7, 11) is 1.60. The fourth-order valence-electron chi connectivity index (χ4n) is 1.69. The Hall–Kier alpha value is -0.900. The van der Waals surface area contributed by atoms with Gasteiger partial charge < -0.3 is 14.8 Å². The van der Waals surface area contributed by atoms with Gasteiger partial charge in [0.05, 0.1) is 12.1 Å². The summed E-state index contributed by atoms with van der Waals surface area (Å²) in [5.74, 6) is 1.77. The second-order valence-corrected chi connectivity index (χ2v) is 5.47. The van der Waals surface area contributed by atoms with Crippen LogP contribution < -0.4 is 14.8 Å². The van der Waals surface area contributed by atoms with E-state index >= 15 is 0 Å². The molecule has 1 aromatic carbocycles. The van der Waals surface area contributed by atoms with Crippen molar-refractivity contribution in [1.29, 1.82) is 0 Å². The van der Waals surface area contributed by atoms with E-state index in [4.69, 9.17) is 32.7 Å². The summed E-state index contributed by atoms with van der Waals surface area (Å²) in [5.41, 5.74) is 2.47. The molecule has 0 aliphatic rings. The highest BCUT2D eigenvalue weighted by Crippen LogP contribution is 2.36. The predicted octanol–water partition coefficient (Wildman–Crippen LogP) is 4.23. The summed E-state index contributed by atoms with van der Waals surface area (Å²) in [6.45, 7) is 6.39. The minimum Gasteiger partial charge on any atom is -0.493 e. The van der Waals surface area contributed by atoms with Gasteiger partial charge in [0.2, 0.25) is 0 Å². The number of hydrogen-bond donors (Lipinski definition) is 1. The van der Waals surface area contributed by atoms with Crippen LogP contribution in [0.4, 0.5) is 0 Å². The van der Waals surface area contributed by atoms with E-state index in [0.717, 1.165) is 18.7 Å². The lowest BCUT2D eigenvalue weighted by Crippen LogP contribution is -2.19. The zero-order valence-electron chi connectivity index (χ0n) is 12.1. The van der Waals surface area contributed by atoms with Crippen LogP contribution in [0.1, 0.15) is 19.4 Å². The van der Waals surface area contributed by atoms with Crippen molar-refractivity contribution in [2.75, 3.05) is 20.3 Å². The first-order valence-corrected chi connectivity index (χ1v) is 7.35. The van der Waals surface area contributed by atoms with Crippen LogP contribution in [0.3, 0.4) is 0 Å². The Morgan fingerprint density at radius 3 is 2.70 bits per heavy atom. The standard InChI is InChI=1S/C15H21Cl2NO2/c1-11(2)9-18-10-12-7-13(17)15(14(8-12)19-3)20-6-4-5-16/h4-5,7-8,11,18H,6,9-10H2,1-3H3. The van der Waals surface area contributed by atoms with E-state index in [1.165, 1.54) is 5.54 Å². The topological polar surface area (TPSA) is 30.5 Å². The van der Waals surface area contributed by atoms with E-state index in [1.54, 1.807) is 13.2 Å². The van der Waals surface area contributed by atoms with Gasteiger partial charge in [-0.25, -0.2) is 0 Å². The van der Waals surface area contributed by atoms with Gasteiger partial charge in [-0.1, -0.05) is 37.0 Å². The maximum Gasteiger partial charge on any atom is 0.180 e. The smallest absolute Gasteiger partial charge is 0.180 e. The molecule has 0 saturated carbocycles. The van der Waals surface area contributed by atoms with E-state index in [9.17, 15) is 0 Å². The molecule has 0 fully saturated rings. The highest BCUT2D eigenvalue weighted by Gasteiger charge is 2.11. The van der Waals surface area contributed by atoms with Crippen molar-refractivity contribution in [2.24, 2.45) is 5.92 Å². The van der Waals surface area contributed by atoms with Gasteiger partial charge in [-0.05, 0) is 36.2 Å². The normalized spacial score (nSPS) is 11.3. The molecule has 0 aliphatic heterocycles. The molecule has 0 heterocycles. The van der Waals surface area contributed by atoms with Gasteiger partial charge in [-0.15, -0.1) is 0 Å². The van der Waals surface area contributed by atoms with Gasteiger partial charge in [0.25, 0.3) is 0 Å². The second kappa shape index (κ2) is 9.11. The highest BCUT2D eigenvalue weighted by molar-refractivity contribution is 6.32. The first kappa shape index (κ1) is 17.2. The third-order valence-corrected chi connectivity index (χ3v) is 3.04. The molecule has 0 radical (unpaired) electrons. The van der Waals surface area contributed by atoms with E-state index in [0.29, 0.717) is 29.0 Å². The summed E-state index contributed by atoms with van der Waals surface area (Å²) < 4.78 is 10.9. The Kier molecular flexibility index (Phi) is 7.82. The number of nitrogens with one attached hydrogen (secondary N) is 1. The van der Waals surface area contributed by atoms with E-state index in [2.05, 4.69) is 19.2 Å². The molecule has 0 saturated heterocycles. The average molecular weight is 318 g/mol. The zero-order chi connectivity index (χ0) is 15.0. The van der Waals surface area contributed by atoms with Crippen molar-refractivity contribution in [2.45, 2.75) is 20.4 Å². The van der Waals surface area contributed by atoms with Gasteiger partial charge in [0.1, 0.15) is 6.61 Å². The van der Waals surface area contributed by atoms with Crippen molar-refractivity contribution in [3.8, 4) is 11.5 Å². The maximum absolute atomic E-state index is 6.24. The Bertz CT molecular complexity index is 448. The summed E-state index contributed by atoms with van der Waals surface area (Å²) >= 11 is 11.7. The molecule has 0 aromatic heterocycles. The second-order valence-electron chi connectivity index (χ2n) is 4.81. The molecule has 1 rings (SSSR count). The molecule has 1 N–H and O–H groups in total. The van der Waals surface area contributed by atoms with Crippen molar-refractivity contribution >= 4 is 23.2 Å². The van der Waals surface area contributed by atoms with Crippen LogP contribution in [-0.4, -0.2) is 20.3 Å². The number of benzene rings is 1. The van der Waals surface area contributed by atoms with Crippen LogP contribution in [0, 0.1) is 5.92 Å². The highest BCUT2D eigenvalue weighted by atomic mass is 35.5. The van der Waals surface area contributed by atoms with Gasteiger partial charge in [0, 0.05) is 12.1 Å². The lowest BCUT2D eigenvalue weighted by Gasteiger charge is -2.14. The Labute approximate surface area is 130 Å². The molecule has 0 atom stereocenters. The van der Waals surface area contributed by atoms with Crippen molar-refractivity contribution < 1.29 is 9.47 Å². The molecule has 5 heteroatoms. The van der Waals surface area contributed by atoms with Crippen LogP contribution in [0.5, 0.6) is 11.5 Å². The lowest BCUT2D eigenvalue weighted by molar-refractivity contribution is 0.326. The molecule has 0 spiro atoms. The summed E-state index contributed by atoms with van der Waals surface area (Å²) in [5, 5.41) is 3.90. The van der Waals surface area contributed by atoms with Crippen molar-refractivity contribution in [3.63, 3.8) is 0 Å². The third kappa shape index (κ3) is 5.61. The molecule has 0 amide bonds. The summed E-state index contributed by atoms with van der Waals surface area (Å²) in [4.78, 5) is 0. The minimum atomic E-state index is 0.352. The molecular weight excluding hydrogens is 297 g/mol. The first-order chi connectivity index (χ1) is 9.58. The average Bonchev–Trinajstić information content (AvgIpc) is 2.40. The molecule has 3 nitrogen and oxygen atoms in total. The predicted molar refractivity (Wildman–Crippen MR) is 85.0 cm³/mol. The van der Waals surface area contributed by atoms with Crippen LogP contribution in [-0.2, 0) is 6.54 Å². The van der Waals surface area contributed by atoms with Crippen molar-refractivity contribution in [1.82, 2.24) is 5.32 Å². The van der Waals surface area contributed by atoms with Crippen molar-refractivity contribution in [3.05, 3.63) is 34.3 Å². The van der Waals surface area contributed by atoms with Gasteiger partial charge in [-0.2, -0.15) is 0 Å². The van der Waals surface area contributed by atoms with Gasteiger partial charge >= 0.3 is 0 Å². The monoisotopic (exact) mass is 317 g/mol. The molecule has 20 heavy (non-hydrogen) atoms. The summed E-state index contributed by atoms with van der Waals surface area (Å²) in [6.07, 6.45) is 1.69. The fourth-order valence-corrected chi connectivity index (χ4v) is 2.05. The third-order valence-electron chi connectivity index (χ3n) is 2.58. The molecule has 0 bridgehead atoms. The minimum absolute atomic E-state index is 0.352. The number of rotatable bonds is 8. The van der Waals surface area contributed by atoms with Gasteiger partial charge in [-0.3, -0.25) is 0 Å². The van der Waals surface area contributed by atoms with Crippen LogP contribution in [0.15, 0.2) is 23.7 Å². The molecule has 112 valence electrons. The van der Waals surface area contributed by atoms with Crippen LogP contribution in [0.25, 0.3) is 0 Å². The summed E-state index contributed by atoms with van der Waals surface area (Å²) in [6, 6.07) is 3.82. The molecule has 1 aromatic rings. The van der Waals surface area contributed by atoms with Gasteiger partial charge in [0.15, 0.2) is 11.5 Å². The maximum atomic E-state index is 6.24. The van der Waals surface area contributed by atoms with E-state index in [-0.39, 0.29) is 0 Å². The number of halogens is 2. The Morgan fingerprint density at radius 1 is 1.35 bits per heavy atom. The van der Waals surface area contributed by atoms with Crippen LogP contribution >= 0.6 is 23.2 Å². The molecule has 0 aliphatic carbocycles. The Morgan fingerprint density at radius 2 is 2.10 bits per heavy atom. The largest absolute Gasteiger partial charge is 0.493 e. The molecule has 0 unspecified atom stereocenters. The van der Waals surface area contributed by atoms with Crippen LogP contribution in [0.2, 0.25) is 5.02 Å². The number of ether oxygens (including phenoxy) is 2. The van der Waals surface area contributed by atoms with E-state index < -0.39 is 0 Å². The number of methoxy groups -OCH3 is 1. The molecular formula is C15H21Cl2NO2. The SMILES string of the molecule is COc1cc(CNCC(C)C)cc(Cl)c1OCC=CCl. The number of hydrogen-bond acceptors (Lipinski definition) is 3. The lowest BCUT2D eigenvalue weighted by atomic mass is 10.1. The first-order valence-electron chi connectivity index (χ1n) is 6.53. The quantitative estimate of drug-likeness (QED) is 0.778. The fraction of sp³-hybridized carbons (Fsp3) is 0.467. The zero-order valence-corrected chi connectivity index (χ0v) is 13.6.